The summed E-state index contributed by atoms with van der Waals surface area (Å²) in [4.78, 5) is 18.5. The van der Waals surface area contributed by atoms with Crippen molar-refractivity contribution in [3.8, 4) is 0 Å². The second-order valence-corrected chi connectivity index (χ2v) is 6.68. The van der Waals surface area contributed by atoms with Crippen molar-refractivity contribution < 1.29 is 4.79 Å². The summed E-state index contributed by atoms with van der Waals surface area (Å²) in [5.41, 5.74) is 6.42. The molecular formula is C14H21N3OS. The van der Waals surface area contributed by atoms with Gasteiger partial charge in [0.15, 0.2) is 5.13 Å². The summed E-state index contributed by atoms with van der Waals surface area (Å²) in [6, 6.07) is 0. The molecule has 0 spiro atoms. The fourth-order valence-electron chi connectivity index (χ4n) is 3.50. The Hall–Kier alpha value is -1.10. The minimum atomic E-state index is 0.217. The van der Waals surface area contributed by atoms with Crippen molar-refractivity contribution in [3.05, 3.63) is 11.1 Å². The number of nitrogens with two attached hydrogens (primary N) is 1. The van der Waals surface area contributed by atoms with Crippen molar-refractivity contribution in [1.82, 2.24) is 9.88 Å². The normalized spacial score (nSPS) is 27.1. The van der Waals surface area contributed by atoms with E-state index in [9.17, 15) is 4.79 Å². The van der Waals surface area contributed by atoms with Crippen LogP contribution in [0.25, 0.3) is 0 Å². The van der Waals surface area contributed by atoms with Gasteiger partial charge in [0.1, 0.15) is 0 Å². The van der Waals surface area contributed by atoms with Crippen LogP contribution in [0.1, 0.15) is 37.8 Å². The number of hydrogen-bond acceptors (Lipinski definition) is 4. The highest BCUT2D eigenvalue weighted by atomic mass is 32.1. The average Bonchev–Trinajstić information content (AvgIpc) is 2.83. The van der Waals surface area contributed by atoms with Crippen LogP contribution in [0.3, 0.4) is 0 Å². The molecule has 19 heavy (non-hydrogen) atoms. The van der Waals surface area contributed by atoms with Crippen molar-refractivity contribution >= 4 is 22.4 Å². The monoisotopic (exact) mass is 279 g/mol. The van der Waals surface area contributed by atoms with Crippen LogP contribution < -0.4 is 5.73 Å². The molecule has 4 nitrogen and oxygen atoms in total. The van der Waals surface area contributed by atoms with E-state index in [4.69, 9.17) is 5.73 Å². The molecule has 1 amide bonds. The maximum absolute atomic E-state index is 12.3. The predicted molar refractivity (Wildman–Crippen MR) is 76.9 cm³/mol. The SMILES string of the molecule is Nc1nc(CC(=O)N2CCC3CCCCC3C2)cs1. The van der Waals surface area contributed by atoms with Gasteiger partial charge in [0.05, 0.1) is 12.1 Å². The first kappa shape index (κ1) is 12.9. The molecule has 0 bridgehead atoms. The molecule has 2 aliphatic rings. The Bertz CT molecular complexity index is 459. The second-order valence-electron chi connectivity index (χ2n) is 5.79. The highest BCUT2D eigenvalue weighted by Gasteiger charge is 2.32. The van der Waals surface area contributed by atoms with E-state index >= 15 is 0 Å². The van der Waals surface area contributed by atoms with Crippen molar-refractivity contribution in [2.45, 2.75) is 38.5 Å². The number of carbonyl (C=O) groups excluding carboxylic acids is 1. The zero-order chi connectivity index (χ0) is 13.2. The molecule has 1 saturated heterocycles. The van der Waals surface area contributed by atoms with Crippen LogP contribution in [0.5, 0.6) is 0 Å². The van der Waals surface area contributed by atoms with Crippen LogP contribution in [-0.4, -0.2) is 28.9 Å². The summed E-state index contributed by atoms with van der Waals surface area (Å²) in [6.07, 6.45) is 6.99. The number of nitrogens with zero attached hydrogens (tertiary/aromatic N) is 2. The number of nitrogen functional groups attached to an aromatic ring is 1. The minimum absolute atomic E-state index is 0.217. The number of fused-ring (bicyclic) bond motifs is 1. The fourth-order valence-corrected chi connectivity index (χ4v) is 4.06. The molecule has 3 rings (SSSR count). The van der Waals surface area contributed by atoms with Gasteiger partial charge >= 0.3 is 0 Å². The first-order valence-corrected chi connectivity index (χ1v) is 8.08. The molecule has 1 aromatic rings. The zero-order valence-corrected chi connectivity index (χ0v) is 12.0. The molecule has 2 N–H and O–H groups in total. The van der Waals surface area contributed by atoms with Gasteiger partial charge in [0, 0.05) is 18.5 Å². The molecule has 0 radical (unpaired) electrons. The zero-order valence-electron chi connectivity index (χ0n) is 11.2. The van der Waals surface area contributed by atoms with Crippen LogP contribution in [0.2, 0.25) is 0 Å². The number of amides is 1. The van der Waals surface area contributed by atoms with Gasteiger partial charge in [0.25, 0.3) is 0 Å². The summed E-state index contributed by atoms with van der Waals surface area (Å²) in [5, 5.41) is 2.44. The number of aromatic nitrogens is 1. The summed E-state index contributed by atoms with van der Waals surface area (Å²) < 4.78 is 0. The van der Waals surface area contributed by atoms with E-state index in [0.29, 0.717) is 11.6 Å². The highest BCUT2D eigenvalue weighted by Crippen LogP contribution is 2.36. The van der Waals surface area contributed by atoms with Gasteiger partial charge in [-0.25, -0.2) is 4.98 Å². The maximum Gasteiger partial charge on any atom is 0.228 e. The molecule has 1 aromatic heterocycles. The first-order valence-electron chi connectivity index (χ1n) is 7.20. The molecule has 5 heteroatoms. The maximum atomic E-state index is 12.3. The third-order valence-corrected chi connectivity index (χ3v) is 5.27. The lowest BCUT2D eigenvalue weighted by atomic mass is 9.75. The fraction of sp³-hybridized carbons (Fsp3) is 0.714. The van der Waals surface area contributed by atoms with Gasteiger partial charge in [-0.3, -0.25) is 4.79 Å². The van der Waals surface area contributed by atoms with E-state index in [0.717, 1.165) is 30.6 Å². The third kappa shape index (κ3) is 2.91. The Morgan fingerprint density at radius 3 is 2.89 bits per heavy atom. The third-order valence-electron chi connectivity index (χ3n) is 4.55. The molecule has 1 aliphatic heterocycles. The van der Waals surface area contributed by atoms with Gasteiger partial charge in [-0.1, -0.05) is 19.3 Å². The number of hydrogen-bond donors (Lipinski definition) is 1. The van der Waals surface area contributed by atoms with Gasteiger partial charge in [0.2, 0.25) is 5.91 Å². The molecule has 2 unspecified atom stereocenters. The molecular weight excluding hydrogens is 258 g/mol. The lowest BCUT2D eigenvalue weighted by molar-refractivity contribution is -0.133. The Morgan fingerprint density at radius 2 is 2.16 bits per heavy atom. The molecule has 104 valence electrons. The van der Waals surface area contributed by atoms with E-state index in [1.807, 2.05) is 10.3 Å². The summed E-state index contributed by atoms with van der Waals surface area (Å²) >= 11 is 1.41. The van der Waals surface area contributed by atoms with Gasteiger partial charge in [-0.15, -0.1) is 11.3 Å². The number of thiazole rings is 1. The van der Waals surface area contributed by atoms with Crippen molar-refractivity contribution in [2.24, 2.45) is 11.8 Å². The number of anilines is 1. The minimum Gasteiger partial charge on any atom is -0.375 e. The highest BCUT2D eigenvalue weighted by molar-refractivity contribution is 7.13. The van der Waals surface area contributed by atoms with Crippen LogP contribution in [0.15, 0.2) is 5.38 Å². The molecule has 2 heterocycles. The van der Waals surface area contributed by atoms with Crippen LogP contribution in [-0.2, 0) is 11.2 Å². The predicted octanol–water partition coefficient (Wildman–Crippen LogP) is 2.31. The second kappa shape index (κ2) is 5.49. The van der Waals surface area contributed by atoms with E-state index in [2.05, 4.69) is 4.98 Å². The van der Waals surface area contributed by atoms with E-state index < -0.39 is 0 Å². The van der Waals surface area contributed by atoms with E-state index in [1.165, 1.54) is 43.4 Å². The van der Waals surface area contributed by atoms with Crippen molar-refractivity contribution in [3.63, 3.8) is 0 Å². The lowest BCUT2D eigenvalue weighted by Gasteiger charge is -2.41. The summed E-state index contributed by atoms with van der Waals surface area (Å²) in [7, 11) is 0. The van der Waals surface area contributed by atoms with Gasteiger partial charge in [-0.05, 0) is 24.7 Å². The van der Waals surface area contributed by atoms with Gasteiger partial charge < -0.3 is 10.6 Å². The number of rotatable bonds is 2. The number of piperidine rings is 1. The largest absolute Gasteiger partial charge is 0.375 e. The summed E-state index contributed by atoms with van der Waals surface area (Å²) in [5.74, 6) is 1.83. The molecule has 1 aliphatic carbocycles. The Labute approximate surface area is 118 Å². The van der Waals surface area contributed by atoms with Crippen molar-refractivity contribution in [1.29, 1.82) is 0 Å². The van der Waals surface area contributed by atoms with E-state index in [1.54, 1.807) is 0 Å². The molecule has 1 saturated carbocycles. The van der Waals surface area contributed by atoms with Crippen molar-refractivity contribution in [2.75, 3.05) is 18.8 Å². The van der Waals surface area contributed by atoms with E-state index in [-0.39, 0.29) is 5.91 Å². The molecule has 2 atom stereocenters. The average molecular weight is 279 g/mol. The standard InChI is InChI=1S/C14H21N3OS/c15-14-16-12(9-19-14)7-13(18)17-6-5-10-3-1-2-4-11(10)8-17/h9-11H,1-8H2,(H2,15,16). The molecule has 0 aromatic carbocycles. The quantitative estimate of drug-likeness (QED) is 0.903. The molecule has 2 fully saturated rings. The Balaban J connectivity index is 1.58. The van der Waals surface area contributed by atoms with Crippen LogP contribution >= 0.6 is 11.3 Å². The first-order chi connectivity index (χ1) is 9.22. The topological polar surface area (TPSA) is 59.2 Å². The van der Waals surface area contributed by atoms with Crippen LogP contribution in [0.4, 0.5) is 5.13 Å². The Kier molecular flexibility index (Phi) is 3.73. The summed E-state index contributed by atoms with van der Waals surface area (Å²) in [6.45, 7) is 1.89. The van der Waals surface area contributed by atoms with Gasteiger partial charge in [-0.2, -0.15) is 0 Å². The lowest BCUT2D eigenvalue weighted by Crippen LogP contribution is -2.45. The van der Waals surface area contributed by atoms with Crippen LogP contribution in [0, 0.1) is 11.8 Å². The number of likely N-dealkylation sites (tertiary alicyclic amines) is 1. The Morgan fingerprint density at radius 1 is 1.37 bits per heavy atom. The number of carbonyl (C=O) groups is 1. The smallest absolute Gasteiger partial charge is 0.228 e.